The summed E-state index contributed by atoms with van der Waals surface area (Å²) in [6.45, 7) is 1.14. The summed E-state index contributed by atoms with van der Waals surface area (Å²) in [5.41, 5.74) is 0. The highest BCUT2D eigenvalue weighted by molar-refractivity contribution is 7.95. The molecule has 0 radical (unpaired) electrons. The van der Waals surface area contributed by atoms with Crippen molar-refractivity contribution in [1.29, 1.82) is 0 Å². The van der Waals surface area contributed by atoms with Gasteiger partial charge >= 0.3 is 0 Å². The van der Waals surface area contributed by atoms with Crippen LogP contribution in [0.1, 0.15) is 0 Å². The van der Waals surface area contributed by atoms with E-state index in [1.165, 1.54) is 24.1 Å². The van der Waals surface area contributed by atoms with Crippen molar-refractivity contribution in [1.82, 2.24) is 0 Å². The number of hydrogen-bond donors (Lipinski definition) is 0. The molecule has 0 aromatic heterocycles. The topological polar surface area (TPSA) is 18.5 Å². The minimum Gasteiger partial charge on any atom is -0.308 e. The Kier molecular flexibility index (Phi) is 6.16. The zero-order chi connectivity index (χ0) is 12.5. The number of rotatable bonds is 7. The maximum Gasteiger partial charge on any atom is 0.0865 e. The number of benzene rings is 2. The van der Waals surface area contributed by atoms with Crippen molar-refractivity contribution in [3.05, 3.63) is 60.7 Å². The molecule has 0 bridgehead atoms. The number of hydrogen-bond acceptors (Lipinski definition) is 4. The van der Waals surface area contributed by atoms with E-state index >= 15 is 0 Å². The molecule has 0 saturated heterocycles. The van der Waals surface area contributed by atoms with Gasteiger partial charge in [-0.3, -0.25) is 0 Å². The van der Waals surface area contributed by atoms with Crippen molar-refractivity contribution in [3.63, 3.8) is 0 Å². The lowest BCUT2D eigenvalue weighted by atomic mass is 10.4. The average molecular weight is 278 g/mol. The molecule has 18 heavy (non-hydrogen) atoms. The zero-order valence-corrected chi connectivity index (χ0v) is 11.5. The van der Waals surface area contributed by atoms with Gasteiger partial charge in [0.25, 0.3) is 0 Å². The van der Waals surface area contributed by atoms with Gasteiger partial charge in [-0.05, 0) is 24.3 Å². The molecule has 0 atom stereocenters. The van der Waals surface area contributed by atoms with Gasteiger partial charge in [0.15, 0.2) is 0 Å². The van der Waals surface area contributed by atoms with Crippen molar-refractivity contribution in [2.75, 3.05) is 13.2 Å². The Hall–Kier alpha value is -0.940. The van der Waals surface area contributed by atoms with E-state index in [1.807, 2.05) is 60.7 Å². The largest absolute Gasteiger partial charge is 0.308 e. The first-order chi connectivity index (χ1) is 8.95. The van der Waals surface area contributed by atoms with Crippen LogP contribution in [0.4, 0.5) is 0 Å². The summed E-state index contributed by atoms with van der Waals surface area (Å²) in [7, 11) is 0. The molecule has 2 nitrogen and oxygen atoms in total. The molecule has 94 valence electrons. The predicted molar refractivity (Wildman–Crippen MR) is 76.5 cm³/mol. The van der Waals surface area contributed by atoms with Gasteiger partial charge in [-0.25, -0.2) is 0 Å². The zero-order valence-electron chi connectivity index (χ0n) is 9.82. The van der Waals surface area contributed by atoms with Crippen molar-refractivity contribution in [2.24, 2.45) is 0 Å². The molecular weight excluding hydrogens is 264 g/mol. The van der Waals surface area contributed by atoms with Crippen LogP contribution in [-0.2, 0) is 8.37 Å². The summed E-state index contributed by atoms with van der Waals surface area (Å²) >= 11 is 2.75. The van der Waals surface area contributed by atoms with Crippen molar-refractivity contribution in [3.8, 4) is 0 Å². The Morgan fingerprint density at radius 3 is 1.39 bits per heavy atom. The lowest BCUT2D eigenvalue weighted by Gasteiger charge is -2.03. The molecule has 2 rings (SSSR count). The van der Waals surface area contributed by atoms with E-state index in [4.69, 9.17) is 8.37 Å². The quantitative estimate of drug-likeness (QED) is 0.550. The Morgan fingerprint density at radius 1 is 0.611 bits per heavy atom. The summed E-state index contributed by atoms with van der Waals surface area (Å²) in [6.07, 6.45) is 0. The highest BCUT2D eigenvalue weighted by Gasteiger charge is 1.95. The van der Waals surface area contributed by atoms with Crippen LogP contribution in [0.3, 0.4) is 0 Å². The molecule has 2 aromatic rings. The van der Waals surface area contributed by atoms with Crippen LogP contribution in [0.2, 0.25) is 0 Å². The fourth-order valence-corrected chi connectivity index (χ4v) is 2.35. The van der Waals surface area contributed by atoms with E-state index in [1.54, 1.807) is 0 Å². The molecular formula is C14H14O2S2. The summed E-state index contributed by atoms with van der Waals surface area (Å²) in [6, 6.07) is 20.0. The molecule has 0 spiro atoms. The molecule has 0 fully saturated rings. The smallest absolute Gasteiger partial charge is 0.0865 e. The second-order valence-electron chi connectivity index (χ2n) is 3.44. The molecule has 0 amide bonds. The molecule has 0 heterocycles. The SMILES string of the molecule is c1ccc(SOCCOSc2ccccc2)cc1. The van der Waals surface area contributed by atoms with Gasteiger partial charge in [-0.1, -0.05) is 36.4 Å². The van der Waals surface area contributed by atoms with Gasteiger partial charge in [0, 0.05) is 33.9 Å². The van der Waals surface area contributed by atoms with Crippen LogP contribution in [0, 0.1) is 0 Å². The van der Waals surface area contributed by atoms with Gasteiger partial charge < -0.3 is 8.37 Å². The van der Waals surface area contributed by atoms with Gasteiger partial charge in [0.2, 0.25) is 0 Å². The van der Waals surface area contributed by atoms with Gasteiger partial charge in [0.1, 0.15) is 0 Å². The molecule has 0 N–H and O–H groups in total. The maximum atomic E-state index is 5.44. The molecule has 0 unspecified atom stereocenters. The van der Waals surface area contributed by atoms with E-state index in [0.717, 1.165) is 9.79 Å². The summed E-state index contributed by atoms with van der Waals surface area (Å²) in [4.78, 5) is 2.21. The van der Waals surface area contributed by atoms with Crippen LogP contribution in [0.25, 0.3) is 0 Å². The van der Waals surface area contributed by atoms with E-state index in [9.17, 15) is 0 Å². The van der Waals surface area contributed by atoms with Gasteiger partial charge in [0.05, 0.1) is 13.2 Å². The third-order valence-electron chi connectivity index (χ3n) is 2.05. The first kappa shape index (κ1) is 13.5. The van der Waals surface area contributed by atoms with Crippen molar-refractivity contribution in [2.45, 2.75) is 9.79 Å². The van der Waals surface area contributed by atoms with E-state index < -0.39 is 0 Å². The Balaban J connectivity index is 1.54. The minimum atomic E-state index is 0.569. The first-order valence-electron chi connectivity index (χ1n) is 5.64. The summed E-state index contributed by atoms with van der Waals surface area (Å²) in [5.74, 6) is 0. The fourth-order valence-electron chi connectivity index (χ4n) is 1.24. The van der Waals surface area contributed by atoms with Gasteiger partial charge in [-0.2, -0.15) is 0 Å². The molecule has 4 heteroatoms. The predicted octanol–water partition coefficient (Wildman–Crippen LogP) is 4.43. The van der Waals surface area contributed by atoms with Crippen LogP contribution in [-0.4, -0.2) is 13.2 Å². The highest BCUT2D eigenvalue weighted by atomic mass is 32.2. The van der Waals surface area contributed by atoms with Crippen molar-refractivity contribution < 1.29 is 8.37 Å². The fraction of sp³-hybridized carbons (Fsp3) is 0.143. The average Bonchev–Trinajstić information content (AvgIpc) is 2.45. The van der Waals surface area contributed by atoms with Gasteiger partial charge in [-0.15, -0.1) is 0 Å². The minimum absolute atomic E-state index is 0.569. The molecule has 0 saturated carbocycles. The van der Waals surface area contributed by atoms with Crippen molar-refractivity contribution >= 4 is 24.1 Å². The van der Waals surface area contributed by atoms with Crippen LogP contribution < -0.4 is 0 Å². The molecule has 2 aromatic carbocycles. The standard InChI is InChI=1S/C14H14O2S2/c1-3-7-13(8-4-1)17-15-11-12-16-18-14-9-5-2-6-10-14/h1-10H,11-12H2. The normalized spacial score (nSPS) is 10.4. The second-order valence-corrected chi connectivity index (χ2v) is 5.18. The first-order valence-corrected chi connectivity index (χ1v) is 7.12. The van der Waals surface area contributed by atoms with E-state index in [-0.39, 0.29) is 0 Å². The monoisotopic (exact) mass is 278 g/mol. The summed E-state index contributed by atoms with van der Waals surface area (Å²) in [5, 5.41) is 0. The Bertz CT molecular complexity index is 391. The lowest BCUT2D eigenvalue weighted by Crippen LogP contribution is -1.95. The van der Waals surface area contributed by atoms with E-state index in [0.29, 0.717) is 13.2 Å². The molecule has 0 aliphatic rings. The third kappa shape index (κ3) is 5.14. The Morgan fingerprint density at radius 2 is 1.00 bits per heavy atom. The lowest BCUT2D eigenvalue weighted by molar-refractivity contribution is 0.266. The van der Waals surface area contributed by atoms with Crippen LogP contribution >= 0.6 is 24.1 Å². The second kappa shape index (κ2) is 8.21. The van der Waals surface area contributed by atoms with Crippen LogP contribution in [0.15, 0.2) is 70.5 Å². The van der Waals surface area contributed by atoms with E-state index in [2.05, 4.69) is 0 Å². The van der Waals surface area contributed by atoms with Crippen LogP contribution in [0.5, 0.6) is 0 Å². The third-order valence-corrected chi connectivity index (χ3v) is 3.54. The summed E-state index contributed by atoms with van der Waals surface area (Å²) < 4.78 is 10.9. The molecule has 0 aliphatic carbocycles. The highest BCUT2D eigenvalue weighted by Crippen LogP contribution is 2.20. The Labute approximate surface area is 116 Å². The maximum absolute atomic E-state index is 5.44. The molecule has 0 aliphatic heterocycles.